The average molecular weight is 417 g/mol. The van der Waals surface area contributed by atoms with E-state index in [1.165, 1.54) is 83.7 Å². The van der Waals surface area contributed by atoms with Crippen molar-refractivity contribution < 1.29 is 0 Å². The molecule has 0 bridgehead atoms. The minimum Gasteiger partial charge on any atom is -0.289 e. The highest BCUT2D eigenvalue weighted by molar-refractivity contribution is 5.03. The molecule has 1 heterocycles. The first-order valence-electron chi connectivity index (χ1n) is 13.7. The maximum Gasteiger partial charge on any atom is 0.0507 e. The van der Waals surface area contributed by atoms with Crippen molar-refractivity contribution in [2.24, 2.45) is 40.9 Å². The Labute approximate surface area is 188 Å². The number of likely N-dealkylation sites (N-methyl/N-ethyl adjacent to an activating group) is 2. The Morgan fingerprint density at radius 3 is 2.07 bits per heavy atom. The normalized spacial score (nSPS) is 46.6. The molecule has 4 aliphatic rings. The highest BCUT2D eigenvalue weighted by Gasteiger charge is 2.50. The van der Waals surface area contributed by atoms with Crippen LogP contribution in [0, 0.1) is 40.9 Å². The fourth-order valence-electron chi connectivity index (χ4n) is 8.55. The summed E-state index contributed by atoms with van der Waals surface area (Å²) in [4.78, 5) is 5.57. The Morgan fingerprint density at radius 2 is 1.30 bits per heavy atom. The second-order valence-electron chi connectivity index (χ2n) is 13.2. The third-order valence-corrected chi connectivity index (χ3v) is 10.4. The van der Waals surface area contributed by atoms with Gasteiger partial charge in [0.2, 0.25) is 0 Å². The zero-order valence-corrected chi connectivity index (χ0v) is 21.2. The summed E-state index contributed by atoms with van der Waals surface area (Å²) in [7, 11) is 4.91. The first kappa shape index (κ1) is 23.1. The molecule has 2 nitrogen and oxygen atoms in total. The van der Waals surface area contributed by atoms with E-state index in [0.717, 1.165) is 47.6 Å². The Bertz CT molecular complexity index is 557. The molecule has 2 heteroatoms. The van der Waals surface area contributed by atoms with Crippen molar-refractivity contribution in [3.05, 3.63) is 0 Å². The molecule has 1 saturated heterocycles. The topological polar surface area (TPSA) is 6.48 Å². The molecule has 0 amide bonds. The predicted octanol–water partition coefficient (Wildman–Crippen LogP) is 7.04. The predicted molar refractivity (Wildman–Crippen MR) is 129 cm³/mol. The molecule has 0 N–H and O–H groups in total. The zero-order chi connectivity index (χ0) is 21.5. The maximum absolute atomic E-state index is 2.79. The van der Waals surface area contributed by atoms with Gasteiger partial charge in [-0.2, -0.15) is 0 Å². The zero-order valence-electron chi connectivity index (χ0n) is 21.2. The van der Waals surface area contributed by atoms with Crippen LogP contribution in [0.5, 0.6) is 0 Å². The van der Waals surface area contributed by atoms with Crippen molar-refractivity contribution >= 4 is 0 Å². The molecule has 0 aromatic carbocycles. The van der Waals surface area contributed by atoms with E-state index in [9.17, 15) is 0 Å². The van der Waals surface area contributed by atoms with E-state index >= 15 is 0 Å². The van der Waals surface area contributed by atoms with E-state index in [1.54, 1.807) is 0 Å². The van der Waals surface area contributed by atoms with Crippen LogP contribution in [0.4, 0.5) is 0 Å². The molecule has 4 rings (SSSR count). The van der Waals surface area contributed by atoms with Gasteiger partial charge in [-0.05, 0) is 93.5 Å². The standard InChI is InChI=1S/C28H52N2/c1-20-12-14-21(2)23(15-13-20)25-11-7-10-24(26-27(25)30(6)19-29(26)5)22-9-8-17-28(3,4)18-16-22/h20-27H,7-19H2,1-6H3. The molecule has 0 aromatic rings. The van der Waals surface area contributed by atoms with Gasteiger partial charge in [0.1, 0.15) is 0 Å². The van der Waals surface area contributed by atoms with Crippen LogP contribution in [-0.4, -0.2) is 42.6 Å². The van der Waals surface area contributed by atoms with Crippen molar-refractivity contribution in [3.63, 3.8) is 0 Å². The van der Waals surface area contributed by atoms with Gasteiger partial charge in [0.05, 0.1) is 6.67 Å². The lowest BCUT2D eigenvalue weighted by atomic mass is 9.70. The average Bonchev–Trinajstić information content (AvgIpc) is 2.89. The van der Waals surface area contributed by atoms with E-state index in [-0.39, 0.29) is 0 Å². The Hall–Kier alpha value is -0.0800. The molecule has 3 aliphatic carbocycles. The van der Waals surface area contributed by atoms with Gasteiger partial charge in [0.15, 0.2) is 0 Å². The molecule has 174 valence electrons. The summed E-state index contributed by atoms with van der Waals surface area (Å²) in [6.45, 7) is 11.3. The number of nitrogens with zero attached hydrogens (tertiary/aromatic N) is 2. The smallest absolute Gasteiger partial charge is 0.0507 e. The van der Waals surface area contributed by atoms with Crippen molar-refractivity contribution in [1.82, 2.24) is 9.80 Å². The van der Waals surface area contributed by atoms with Crippen molar-refractivity contribution in [3.8, 4) is 0 Å². The van der Waals surface area contributed by atoms with Crippen LogP contribution in [0.2, 0.25) is 0 Å². The van der Waals surface area contributed by atoms with Gasteiger partial charge < -0.3 is 0 Å². The van der Waals surface area contributed by atoms with Crippen LogP contribution >= 0.6 is 0 Å². The highest BCUT2D eigenvalue weighted by atomic mass is 15.4. The third kappa shape index (κ3) is 4.80. The fourth-order valence-corrected chi connectivity index (χ4v) is 8.55. The number of fused-ring (bicyclic) bond motifs is 1. The van der Waals surface area contributed by atoms with Crippen LogP contribution in [0.25, 0.3) is 0 Å². The van der Waals surface area contributed by atoms with Gasteiger partial charge in [-0.15, -0.1) is 0 Å². The number of rotatable bonds is 2. The van der Waals surface area contributed by atoms with Crippen molar-refractivity contribution in [2.45, 2.75) is 117 Å². The molecule has 3 saturated carbocycles. The molecule has 1 aliphatic heterocycles. The van der Waals surface area contributed by atoms with Crippen LogP contribution in [0.1, 0.15) is 105 Å². The quantitative estimate of drug-likeness (QED) is 0.445. The molecule has 30 heavy (non-hydrogen) atoms. The second kappa shape index (κ2) is 9.42. The van der Waals surface area contributed by atoms with Crippen molar-refractivity contribution in [2.75, 3.05) is 20.8 Å². The SMILES string of the molecule is CC1CCC(C)C(C2CCCC(C3CCCC(C)(C)CC3)C3C2N(C)CN3C)CC1. The Balaban J connectivity index is 1.57. The highest BCUT2D eigenvalue weighted by Crippen LogP contribution is 2.50. The summed E-state index contributed by atoms with van der Waals surface area (Å²) >= 11 is 0. The van der Waals surface area contributed by atoms with Gasteiger partial charge in [-0.25, -0.2) is 0 Å². The van der Waals surface area contributed by atoms with E-state index in [2.05, 4.69) is 51.6 Å². The van der Waals surface area contributed by atoms with Crippen LogP contribution < -0.4 is 0 Å². The lowest BCUT2D eigenvalue weighted by Crippen LogP contribution is -2.48. The molecule has 4 fully saturated rings. The second-order valence-corrected chi connectivity index (χ2v) is 13.2. The largest absolute Gasteiger partial charge is 0.289 e. The van der Waals surface area contributed by atoms with Gasteiger partial charge >= 0.3 is 0 Å². The van der Waals surface area contributed by atoms with Crippen LogP contribution in [0.3, 0.4) is 0 Å². The summed E-state index contributed by atoms with van der Waals surface area (Å²) in [5.74, 6) is 5.67. The first-order valence-corrected chi connectivity index (χ1v) is 13.7. The van der Waals surface area contributed by atoms with E-state index in [0.29, 0.717) is 5.41 Å². The Morgan fingerprint density at radius 1 is 0.633 bits per heavy atom. The molecule has 8 atom stereocenters. The van der Waals surface area contributed by atoms with Crippen LogP contribution in [-0.2, 0) is 0 Å². The fraction of sp³-hybridized carbons (Fsp3) is 1.00. The lowest BCUT2D eigenvalue weighted by molar-refractivity contribution is 0.0917. The summed E-state index contributed by atoms with van der Waals surface area (Å²) in [5, 5.41) is 0. The van der Waals surface area contributed by atoms with Gasteiger partial charge in [-0.3, -0.25) is 9.80 Å². The number of hydrogen-bond donors (Lipinski definition) is 0. The summed E-state index contributed by atoms with van der Waals surface area (Å²) < 4.78 is 0. The van der Waals surface area contributed by atoms with Gasteiger partial charge in [0, 0.05) is 12.1 Å². The van der Waals surface area contributed by atoms with Crippen molar-refractivity contribution in [1.29, 1.82) is 0 Å². The van der Waals surface area contributed by atoms with Gasteiger partial charge in [-0.1, -0.05) is 66.2 Å². The summed E-state index contributed by atoms with van der Waals surface area (Å²) in [5.41, 5.74) is 0.576. The number of hydrogen-bond acceptors (Lipinski definition) is 2. The summed E-state index contributed by atoms with van der Waals surface area (Å²) in [6.07, 6.45) is 17.7. The lowest BCUT2D eigenvalue weighted by Gasteiger charge is -2.42. The molecule has 0 aromatic heterocycles. The van der Waals surface area contributed by atoms with Crippen LogP contribution in [0.15, 0.2) is 0 Å². The summed E-state index contributed by atoms with van der Waals surface area (Å²) in [6, 6.07) is 1.61. The monoisotopic (exact) mass is 416 g/mol. The van der Waals surface area contributed by atoms with E-state index in [4.69, 9.17) is 0 Å². The third-order valence-electron chi connectivity index (χ3n) is 10.4. The molecular weight excluding hydrogens is 364 g/mol. The minimum atomic E-state index is 0.576. The molecule has 0 radical (unpaired) electrons. The molecule has 8 unspecified atom stereocenters. The Kier molecular flexibility index (Phi) is 7.25. The van der Waals surface area contributed by atoms with Gasteiger partial charge in [0.25, 0.3) is 0 Å². The minimum absolute atomic E-state index is 0.576. The van der Waals surface area contributed by atoms with E-state index in [1.807, 2.05) is 0 Å². The maximum atomic E-state index is 2.79. The van der Waals surface area contributed by atoms with E-state index < -0.39 is 0 Å². The first-order chi connectivity index (χ1) is 14.3. The molecular formula is C28H52N2. The molecule has 0 spiro atoms.